The second kappa shape index (κ2) is 5.14. The van der Waals surface area contributed by atoms with Gasteiger partial charge in [0.25, 0.3) is 5.91 Å². The fourth-order valence-corrected chi connectivity index (χ4v) is 2.67. The summed E-state index contributed by atoms with van der Waals surface area (Å²) < 4.78 is 10.0. The monoisotopic (exact) mass is 299 g/mol. The van der Waals surface area contributed by atoms with Crippen LogP contribution in [-0.2, 0) is 0 Å². The number of hydrogen-bond acceptors (Lipinski definition) is 6. The molecule has 0 saturated carbocycles. The van der Waals surface area contributed by atoms with Crippen LogP contribution in [-0.4, -0.2) is 44.2 Å². The summed E-state index contributed by atoms with van der Waals surface area (Å²) in [6.07, 6.45) is 3.71. The summed E-state index contributed by atoms with van der Waals surface area (Å²) in [7, 11) is 0. The summed E-state index contributed by atoms with van der Waals surface area (Å²) in [6.45, 7) is 1.22. The molecule has 1 atom stereocenters. The van der Waals surface area contributed by atoms with E-state index in [1.807, 2.05) is 6.07 Å². The molecule has 4 rings (SSSR count). The van der Waals surface area contributed by atoms with E-state index in [1.54, 1.807) is 23.3 Å². The van der Waals surface area contributed by atoms with Crippen molar-refractivity contribution in [3.05, 3.63) is 42.4 Å². The fraction of sp³-hybridized carbons (Fsp3) is 0.286. The highest BCUT2D eigenvalue weighted by molar-refractivity contribution is 5.93. The fourth-order valence-electron chi connectivity index (χ4n) is 2.67. The highest BCUT2D eigenvalue weighted by Gasteiger charge is 2.31. The predicted octanol–water partition coefficient (Wildman–Crippen LogP) is 1.68. The summed E-state index contributed by atoms with van der Waals surface area (Å²) >= 11 is 0. The molecule has 1 fully saturated rings. The van der Waals surface area contributed by atoms with Gasteiger partial charge in [-0.3, -0.25) is 9.89 Å². The molecule has 8 nitrogen and oxygen atoms in total. The van der Waals surface area contributed by atoms with E-state index in [1.165, 1.54) is 6.39 Å². The Morgan fingerprint density at radius 3 is 3.18 bits per heavy atom. The quantitative estimate of drug-likeness (QED) is 0.789. The van der Waals surface area contributed by atoms with Gasteiger partial charge in [-0.15, -0.1) is 0 Å². The number of carbonyl (C=O) groups is 1. The Balaban J connectivity index is 1.49. The zero-order chi connectivity index (χ0) is 14.9. The molecule has 0 aliphatic carbocycles. The van der Waals surface area contributed by atoms with E-state index in [-0.39, 0.29) is 11.8 Å². The number of H-pyrrole nitrogens is 1. The van der Waals surface area contributed by atoms with Crippen molar-refractivity contribution in [3.8, 4) is 11.5 Å². The summed E-state index contributed by atoms with van der Waals surface area (Å²) in [6, 6.07) is 5.29. The van der Waals surface area contributed by atoms with Crippen LogP contribution in [0.25, 0.3) is 11.5 Å². The van der Waals surface area contributed by atoms with Crippen molar-refractivity contribution in [1.29, 1.82) is 0 Å². The highest BCUT2D eigenvalue weighted by Crippen LogP contribution is 2.26. The van der Waals surface area contributed by atoms with Crippen molar-refractivity contribution in [2.45, 2.75) is 12.3 Å². The number of likely N-dealkylation sites (tertiary alicyclic amines) is 1. The number of furan rings is 1. The summed E-state index contributed by atoms with van der Waals surface area (Å²) in [5.74, 6) is 1.30. The average molecular weight is 299 g/mol. The maximum Gasteiger partial charge on any atom is 0.274 e. The summed E-state index contributed by atoms with van der Waals surface area (Å²) in [5.41, 5.74) is 1.06. The van der Waals surface area contributed by atoms with E-state index >= 15 is 0 Å². The molecule has 1 amide bonds. The summed E-state index contributed by atoms with van der Waals surface area (Å²) in [5, 5.41) is 10.7. The van der Waals surface area contributed by atoms with Crippen LogP contribution in [0.5, 0.6) is 0 Å². The Bertz CT molecular complexity index is 762. The van der Waals surface area contributed by atoms with Gasteiger partial charge in [-0.05, 0) is 18.6 Å². The molecular formula is C14H13N5O3. The van der Waals surface area contributed by atoms with Crippen molar-refractivity contribution in [2.75, 3.05) is 13.1 Å². The minimum absolute atomic E-state index is 0.111. The predicted molar refractivity (Wildman–Crippen MR) is 73.8 cm³/mol. The molecule has 4 heterocycles. The number of rotatable bonds is 3. The maximum absolute atomic E-state index is 12.5. The highest BCUT2D eigenvalue weighted by atomic mass is 16.5. The van der Waals surface area contributed by atoms with Crippen molar-refractivity contribution in [1.82, 2.24) is 25.2 Å². The Kier molecular flexibility index (Phi) is 2.99. The molecule has 0 unspecified atom stereocenters. The molecular weight excluding hydrogens is 286 g/mol. The van der Waals surface area contributed by atoms with Gasteiger partial charge < -0.3 is 13.8 Å². The lowest BCUT2D eigenvalue weighted by Crippen LogP contribution is -2.28. The van der Waals surface area contributed by atoms with Gasteiger partial charge >= 0.3 is 0 Å². The third-order valence-electron chi connectivity index (χ3n) is 3.80. The number of aromatic amines is 1. The van der Waals surface area contributed by atoms with E-state index < -0.39 is 0 Å². The van der Waals surface area contributed by atoms with E-state index in [4.69, 9.17) is 8.94 Å². The molecule has 22 heavy (non-hydrogen) atoms. The maximum atomic E-state index is 12.5. The van der Waals surface area contributed by atoms with Crippen molar-refractivity contribution < 1.29 is 13.7 Å². The topological polar surface area (TPSA) is 101 Å². The van der Waals surface area contributed by atoms with Gasteiger partial charge in [-0.2, -0.15) is 10.1 Å². The van der Waals surface area contributed by atoms with Gasteiger partial charge in [0.1, 0.15) is 5.69 Å². The zero-order valence-electron chi connectivity index (χ0n) is 11.6. The van der Waals surface area contributed by atoms with Gasteiger partial charge in [-0.1, -0.05) is 5.16 Å². The molecule has 1 saturated heterocycles. The first kappa shape index (κ1) is 12.8. The smallest absolute Gasteiger partial charge is 0.274 e. The Morgan fingerprint density at radius 1 is 1.45 bits per heavy atom. The first-order chi connectivity index (χ1) is 10.8. The van der Waals surface area contributed by atoms with Crippen LogP contribution in [0.2, 0.25) is 0 Å². The number of amides is 1. The zero-order valence-corrected chi connectivity index (χ0v) is 11.6. The van der Waals surface area contributed by atoms with Gasteiger partial charge in [0.2, 0.25) is 6.39 Å². The van der Waals surface area contributed by atoms with Crippen LogP contribution in [0.15, 0.2) is 39.8 Å². The van der Waals surface area contributed by atoms with Crippen LogP contribution >= 0.6 is 0 Å². The molecule has 112 valence electrons. The lowest BCUT2D eigenvalue weighted by molar-refractivity contribution is 0.0784. The van der Waals surface area contributed by atoms with E-state index in [9.17, 15) is 4.79 Å². The number of nitrogens with zero attached hydrogens (tertiary/aromatic N) is 4. The van der Waals surface area contributed by atoms with Crippen LogP contribution in [0.4, 0.5) is 0 Å². The molecule has 0 radical (unpaired) electrons. The van der Waals surface area contributed by atoms with Crippen molar-refractivity contribution >= 4 is 5.91 Å². The van der Waals surface area contributed by atoms with Crippen LogP contribution < -0.4 is 0 Å². The first-order valence-corrected chi connectivity index (χ1v) is 6.96. The Morgan fingerprint density at radius 2 is 2.41 bits per heavy atom. The number of hydrogen-bond donors (Lipinski definition) is 1. The molecule has 0 aromatic carbocycles. The number of nitrogens with one attached hydrogen (secondary N) is 1. The minimum Gasteiger partial charge on any atom is -0.463 e. The average Bonchev–Trinajstić information content (AvgIpc) is 3.35. The molecule has 1 aliphatic heterocycles. The molecule has 8 heteroatoms. The van der Waals surface area contributed by atoms with Crippen LogP contribution in [0.1, 0.15) is 28.7 Å². The largest absolute Gasteiger partial charge is 0.463 e. The van der Waals surface area contributed by atoms with E-state index in [0.717, 1.165) is 6.42 Å². The molecule has 0 bridgehead atoms. The summed E-state index contributed by atoms with van der Waals surface area (Å²) in [4.78, 5) is 18.3. The molecule has 1 N–H and O–H groups in total. The molecule has 3 aromatic rings. The third kappa shape index (κ3) is 2.18. The second-order valence-electron chi connectivity index (χ2n) is 5.17. The molecule has 3 aromatic heterocycles. The second-order valence-corrected chi connectivity index (χ2v) is 5.17. The van der Waals surface area contributed by atoms with Gasteiger partial charge in [0, 0.05) is 25.1 Å². The van der Waals surface area contributed by atoms with Gasteiger partial charge in [0.15, 0.2) is 17.3 Å². The normalized spacial score (nSPS) is 18.0. The van der Waals surface area contributed by atoms with E-state index in [2.05, 4.69) is 20.3 Å². The third-order valence-corrected chi connectivity index (χ3v) is 3.80. The number of carbonyl (C=O) groups excluding carboxylic acids is 1. The molecule has 0 spiro atoms. The van der Waals surface area contributed by atoms with Gasteiger partial charge in [0.05, 0.1) is 6.26 Å². The lowest BCUT2D eigenvalue weighted by atomic mass is 10.1. The first-order valence-electron chi connectivity index (χ1n) is 6.96. The molecule has 1 aliphatic rings. The lowest BCUT2D eigenvalue weighted by Gasteiger charge is -2.13. The standard InChI is InChI=1S/C14H13N5O3/c20-14(11-6-10(16-17-11)12-2-1-5-21-12)19-4-3-9(7-19)13-15-8-22-18-13/h1-2,5-6,8-9H,3-4,7H2,(H,16,17)/t9-/m1/s1. The van der Waals surface area contributed by atoms with Crippen molar-refractivity contribution in [2.24, 2.45) is 0 Å². The van der Waals surface area contributed by atoms with Crippen molar-refractivity contribution in [3.63, 3.8) is 0 Å². The number of aromatic nitrogens is 4. The van der Waals surface area contributed by atoms with E-state index in [0.29, 0.717) is 36.1 Å². The Hall–Kier alpha value is -2.90. The van der Waals surface area contributed by atoms with Gasteiger partial charge in [-0.25, -0.2) is 0 Å². The van der Waals surface area contributed by atoms with Crippen LogP contribution in [0.3, 0.4) is 0 Å². The van der Waals surface area contributed by atoms with Crippen LogP contribution in [0, 0.1) is 0 Å². The SMILES string of the molecule is O=C(c1cc(-c2ccco2)[nH]n1)N1CC[C@@H](c2ncon2)C1. The Labute approximate surface area is 125 Å². The minimum atomic E-state index is -0.111.